The minimum absolute atomic E-state index is 0.0700. The maximum absolute atomic E-state index is 13.3. The lowest BCUT2D eigenvalue weighted by atomic mass is 9.75. The highest BCUT2D eigenvalue weighted by molar-refractivity contribution is 5.98. The largest absolute Gasteiger partial charge is 0.508 e. The van der Waals surface area contributed by atoms with Gasteiger partial charge in [0.05, 0.1) is 0 Å². The van der Waals surface area contributed by atoms with Crippen LogP contribution in [0.5, 0.6) is 40.2 Å². The maximum Gasteiger partial charge on any atom is 0.345 e. The van der Waals surface area contributed by atoms with Gasteiger partial charge in [-0.3, -0.25) is 0 Å². The smallest absolute Gasteiger partial charge is 0.345 e. The van der Waals surface area contributed by atoms with Crippen LogP contribution in [0.4, 0.5) is 0 Å². The molecular formula is C42H43NO11. The van der Waals surface area contributed by atoms with E-state index in [9.17, 15) is 50.4 Å². The molecule has 12 nitrogen and oxygen atoms in total. The van der Waals surface area contributed by atoms with E-state index in [0.717, 1.165) is 22.8 Å². The predicted molar refractivity (Wildman–Crippen MR) is 202 cm³/mol. The molecule has 3 unspecified atom stereocenters. The number of carboxylic acids is 1. The molecule has 0 bridgehead atoms. The molecule has 0 aromatic heterocycles. The third-order valence-corrected chi connectivity index (χ3v) is 10.4. The minimum Gasteiger partial charge on any atom is -0.508 e. The van der Waals surface area contributed by atoms with Crippen LogP contribution in [0.3, 0.4) is 0 Å². The summed E-state index contributed by atoms with van der Waals surface area (Å²) in [5, 5.41) is 87.8. The predicted octanol–water partition coefficient (Wildman–Crippen LogP) is 6.62. The third-order valence-electron chi connectivity index (χ3n) is 10.4. The molecule has 0 heterocycles. The molecule has 0 radical (unpaired) electrons. The van der Waals surface area contributed by atoms with Crippen molar-refractivity contribution >= 4 is 29.7 Å². The molecule has 12 heteroatoms. The Labute approximate surface area is 311 Å². The zero-order chi connectivity index (χ0) is 38.8. The summed E-state index contributed by atoms with van der Waals surface area (Å²) in [6, 6.07) is 11.9. The molecule has 0 saturated heterocycles. The first-order valence-corrected chi connectivity index (χ1v) is 17.9. The number of hydrogen-bond donors (Lipinski definition) is 9. The van der Waals surface area contributed by atoms with Gasteiger partial charge in [-0.05, 0) is 120 Å². The quantitative estimate of drug-likeness (QED) is 0.0451. The van der Waals surface area contributed by atoms with E-state index >= 15 is 0 Å². The van der Waals surface area contributed by atoms with E-state index in [1.807, 2.05) is 19.9 Å². The number of benzene rings is 4. The first kappa shape index (κ1) is 37.6. The van der Waals surface area contributed by atoms with Crippen LogP contribution in [0, 0.1) is 0 Å². The fourth-order valence-corrected chi connectivity index (χ4v) is 7.69. The van der Waals surface area contributed by atoms with Gasteiger partial charge in [0.25, 0.3) is 0 Å². The van der Waals surface area contributed by atoms with Crippen LogP contribution in [0.1, 0.15) is 83.9 Å². The normalized spacial score (nSPS) is 16.0. The molecule has 0 spiro atoms. The van der Waals surface area contributed by atoms with Gasteiger partial charge < -0.3 is 50.9 Å². The molecule has 0 amide bonds. The highest BCUT2D eigenvalue weighted by Gasteiger charge is 2.34. The van der Waals surface area contributed by atoms with E-state index in [0.29, 0.717) is 77.6 Å². The minimum atomic E-state index is -1.69. The Morgan fingerprint density at radius 3 is 2.30 bits per heavy atom. The number of esters is 1. The van der Waals surface area contributed by atoms with Crippen molar-refractivity contribution < 1.29 is 55.2 Å². The number of rotatable bonds is 11. The second-order valence-corrected chi connectivity index (χ2v) is 13.6. The van der Waals surface area contributed by atoms with Crippen molar-refractivity contribution in [2.24, 2.45) is 0 Å². The molecule has 2 aliphatic carbocycles. The molecule has 9 N–H and O–H groups in total. The van der Waals surface area contributed by atoms with Crippen LogP contribution in [0.25, 0.3) is 28.9 Å². The molecule has 2 aliphatic rings. The number of ether oxygens (including phenoxy) is 1. The molecule has 3 atom stereocenters. The molecule has 4 aromatic carbocycles. The van der Waals surface area contributed by atoms with Crippen molar-refractivity contribution in [1.82, 2.24) is 5.32 Å². The Hall–Kier alpha value is -6.14. The van der Waals surface area contributed by atoms with E-state index in [4.69, 9.17) is 4.74 Å². The van der Waals surface area contributed by atoms with Crippen molar-refractivity contribution in [3.05, 3.63) is 93.6 Å². The number of phenols is 7. The lowest BCUT2D eigenvalue weighted by molar-refractivity contribution is -0.162. The van der Waals surface area contributed by atoms with Gasteiger partial charge in [0.2, 0.25) is 6.10 Å². The number of carbonyl (C=O) groups is 2. The second-order valence-electron chi connectivity index (χ2n) is 13.6. The third kappa shape index (κ3) is 7.12. The van der Waals surface area contributed by atoms with Crippen LogP contribution in [0.15, 0.2) is 54.6 Å². The number of hydrogen-bond acceptors (Lipinski definition) is 11. The molecule has 54 heavy (non-hydrogen) atoms. The molecule has 0 aliphatic heterocycles. The Morgan fingerprint density at radius 2 is 1.59 bits per heavy atom. The Bertz CT molecular complexity index is 2190. The maximum atomic E-state index is 13.3. The summed E-state index contributed by atoms with van der Waals surface area (Å²) in [6.45, 7) is 4.29. The SMILES string of the molecule is CCNCC(c1ccc(O)c(O)c1)C(OC(=O)C=Cc1cc(O)c(O)c2c1C=C(c1cc(O)c(O)c3c1-c1cccc(O)c1CCC3)CC2CC)C(=O)O. The fourth-order valence-electron chi connectivity index (χ4n) is 7.69. The Kier molecular flexibility index (Phi) is 10.8. The lowest BCUT2D eigenvalue weighted by Gasteiger charge is -2.29. The number of fused-ring (bicyclic) bond motifs is 4. The van der Waals surface area contributed by atoms with Gasteiger partial charge in [0.15, 0.2) is 34.5 Å². The number of aliphatic carboxylic acids is 1. The lowest BCUT2D eigenvalue weighted by Crippen LogP contribution is -2.38. The van der Waals surface area contributed by atoms with Crippen molar-refractivity contribution in [2.75, 3.05) is 13.1 Å². The van der Waals surface area contributed by atoms with Crippen LogP contribution >= 0.6 is 0 Å². The Balaban J connectivity index is 1.42. The summed E-state index contributed by atoms with van der Waals surface area (Å²) in [5.74, 6) is -5.69. The fraction of sp³-hybridized carbons (Fsp3) is 0.286. The molecule has 4 aromatic rings. The van der Waals surface area contributed by atoms with Crippen molar-refractivity contribution in [1.29, 1.82) is 0 Å². The number of phenolic OH excluding ortho intramolecular Hbond substituents is 7. The zero-order valence-corrected chi connectivity index (χ0v) is 29.8. The van der Waals surface area contributed by atoms with E-state index in [-0.39, 0.29) is 35.5 Å². The monoisotopic (exact) mass is 737 g/mol. The second kappa shape index (κ2) is 15.5. The van der Waals surface area contributed by atoms with E-state index in [1.165, 1.54) is 36.4 Å². The van der Waals surface area contributed by atoms with E-state index in [1.54, 1.807) is 18.2 Å². The summed E-state index contributed by atoms with van der Waals surface area (Å²) in [6.07, 6.45) is 5.06. The average molecular weight is 738 g/mol. The summed E-state index contributed by atoms with van der Waals surface area (Å²) in [5.41, 5.74) is 5.61. The molecule has 0 fully saturated rings. The first-order valence-electron chi connectivity index (χ1n) is 17.9. The first-order chi connectivity index (χ1) is 25.8. The van der Waals surface area contributed by atoms with Gasteiger partial charge in [-0.2, -0.15) is 0 Å². The van der Waals surface area contributed by atoms with E-state index < -0.39 is 41.2 Å². The number of carbonyl (C=O) groups excluding carboxylic acids is 1. The van der Waals surface area contributed by atoms with Crippen LogP contribution in [-0.2, 0) is 27.2 Å². The molecule has 282 valence electrons. The van der Waals surface area contributed by atoms with Gasteiger partial charge in [-0.1, -0.05) is 38.1 Å². The Morgan fingerprint density at radius 1 is 0.852 bits per heavy atom. The number of aromatic hydroxyl groups is 7. The molecular weight excluding hydrogens is 694 g/mol. The van der Waals surface area contributed by atoms with Crippen LogP contribution in [0.2, 0.25) is 0 Å². The van der Waals surface area contributed by atoms with Crippen molar-refractivity contribution in [3.8, 4) is 51.4 Å². The molecule has 0 saturated carbocycles. The highest BCUT2D eigenvalue weighted by Crippen LogP contribution is 2.53. The number of allylic oxidation sites excluding steroid dienone is 1. The summed E-state index contributed by atoms with van der Waals surface area (Å²) in [7, 11) is 0. The van der Waals surface area contributed by atoms with Gasteiger partial charge >= 0.3 is 11.9 Å². The topological polar surface area (TPSA) is 217 Å². The van der Waals surface area contributed by atoms with E-state index in [2.05, 4.69) is 5.32 Å². The highest BCUT2D eigenvalue weighted by atomic mass is 16.6. The van der Waals surface area contributed by atoms with Crippen molar-refractivity contribution in [3.63, 3.8) is 0 Å². The summed E-state index contributed by atoms with van der Waals surface area (Å²) < 4.78 is 5.48. The molecule has 6 rings (SSSR count). The standard InChI is InChI=1S/C42H43NO11/c1-3-21-15-24(29-19-35(48)39(50)27-9-5-7-25-26(38(27)29)8-6-10-31(25)44)16-28-22(18-34(47)40(51)37(21)28)12-14-36(49)54-41(42(52)53)30(20-43-4-2)23-11-13-32(45)33(46)17-23/h6,8,10-14,16-19,21,30,41,43-48,50-51H,3-5,7,9,15,20H2,1-2H3,(H,52,53). The summed E-state index contributed by atoms with van der Waals surface area (Å²) >= 11 is 0. The van der Waals surface area contributed by atoms with Gasteiger partial charge in [-0.15, -0.1) is 0 Å². The average Bonchev–Trinajstić information content (AvgIpc) is 3.35. The number of carboxylic acid groups (broad SMARTS) is 1. The van der Waals surface area contributed by atoms with Crippen LogP contribution < -0.4 is 5.32 Å². The van der Waals surface area contributed by atoms with Gasteiger partial charge in [-0.25, -0.2) is 9.59 Å². The summed E-state index contributed by atoms with van der Waals surface area (Å²) in [4.78, 5) is 25.8. The van der Waals surface area contributed by atoms with Gasteiger partial charge in [0, 0.05) is 35.2 Å². The van der Waals surface area contributed by atoms with Gasteiger partial charge in [0.1, 0.15) is 5.75 Å². The van der Waals surface area contributed by atoms with Crippen LogP contribution in [-0.4, -0.2) is 72.0 Å². The zero-order valence-electron chi connectivity index (χ0n) is 29.8. The van der Waals surface area contributed by atoms with Crippen molar-refractivity contribution in [2.45, 2.75) is 63.9 Å². The number of nitrogens with one attached hydrogen (secondary N) is 1. The number of likely N-dealkylation sites (N-methyl/N-ethyl adjacent to an activating group) is 1.